The average Bonchev–Trinajstić information content (AvgIpc) is 3.70. The van der Waals surface area contributed by atoms with Gasteiger partial charge in [0.1, 0.15) is 6.33 Å². The summed E-state index contributed by atoms with van der Waals surface area (Å²) >= 11 is 0. The number of likely N-dealkylation sites (tertiary alicyclic amines) is 1. The molecule has 5 N–H and O–H groups in total. The lowest BCUT2D eigenvalue weighted by molar-refractivity contribution is -0.192. The molecule has 4 aromatic carbocycles. The molecule has 0 saturated carbocycles. The number of alkyl halides is 3. The zero-order valence-electron chi connectivity index (χ0n) is 26.5. The molecule has 50 heavy (non-hydrogen) atoms. The van der Waals surface area contributed by atoms with Crippen molar-refractivity contribution in [3.05, 3.63) is 113 Å². The summed E-state index contributed by atoms with van der Waals surface area (Å²) in [7, 11) is 0. The van der Waals surface area contributed by atoms with Gasteiger partial charge in [0.15, 0.2) is 0 Å². The number of rotatable bonds is 5. The third kappa shape index (κ3) is 6.97. The number of carboxylic acids is 1. The largest absolute Gasteiger partial charge is 0.490 e. The van der Waals surface area contributed by atoms with Gasteiger partial charge < -0.3 is 20.6 Å². The van der Waals surface area contributed by atoms with Crippen molar-refractivity contribution >= 4 is 39.1 Å². The van der Waals surface area contributed by atoms with Crippen molar-refractivity contribution in [1.29, 1.82) is 0 Å². The summed E-state index contributed by atoms with van der Waals surface area (Å²) in [6, 6.07) is 31.3. The molecule has 1 fully saturated rings. The Hall–Kier alpha value is -5.86. The van der Waals surface area contributed by atoms with Gasteiger partial charge in [-0.25, -0.2) is 24.5 Å². The summed E-state index contributed by atoms with van der Waals surface area (Å²) in [5, 5.41) is 7.12. The van der Waals surface area contributed by atoms with Crippen molar-refractivity contribution in [3.63, 3.8) is 0 Å². The highest BCUT2D eigenvalue weighted by molar-refractivity contribution is 5.94. The third-order valence-corrected chi connectivity index (χ3v) is 8.70. The first-order valence-corrected chi connectivity index (χ1v) is 15.6. The normalized spacial score (nSPS) is 14.0. The van der Waals surface area contributed by atoms with Gasteiger partial charge >= 0.3 is 17.8 Å². The number of hydrogen-bond acceptors (Lipinski definition) is 6. The molecular weight excluding hydrogens is 651 g/mol. The number of halogens is 3. The van der Waals surface area contributed by atoms with Gasteiger partial charge in [0.05, 0.1) is 44.5 Å². The van der Waals surface area contributed by atoms with Crippen molar-refractivity contribution in [3.8, 4) is 22.5 Å². The summed E-state index contributed by atoms with van der Waals surface area (Å²) in [5.41, 5.74) is 10.7. The van der Waals surface area contributed by atoms with Gasteiger partial charge in [-0.15, -0.1) is 0 Å². The molecule has 1 aliphatic heterocycles. The highest BCUT2D eigenvalue weighted by Crippen LogP contribution is 2.33. The number of nitrogens with zero attached hydrogens (tertiary/aromatic N) is 5. The SMILES string of the molecule is O.O=C(O)C(F)(F)F.O=c1[nH]c2ccccc2n1C1CCN(Cc2ccc(-c3[nH]c4cc5ncnc5cc4nc3-c3ccccc3)cc2)CC1. The maximum Gasteiger partial charge on any atom is 0.490 e. The smallest absolute Gasteiger partial charge is 0.475 e. The van der Waals surface area contributed by atoms with E-state index in [1.165, 1.54) is 5.56 Å². The molecule has 7 aromatic rings. The predicted molar refractivity (Wildman–Crippen MR) is 183 cm³/mol. The van der Waals surface area contributed by atoms with Crippen LogP contribution in [0.15, 0.2) is 102 Å². The second-order valence-electron chi connectivity index (χ2n) is 11.9. The fourth-order valence-corrected chi connectivity index (χ4v) is 6.31. The second kappa shape index (κ2) is 13.9. The molecule has 14 heteroatoms. The van der Waals surface area contributed by atoms with Gasteiger partial charge in [-0.2, -0.15) is 13.2 Å². The van der Waals surface area contributed by atoms with E-state index in [9.17, 15) is 18.0 Å². The zero-order chi connectivity index (χ0) is 34.1. The first-order valence-electron chi connectivity index (χ1n) is 15.6. The molecule has 8 rings (SSSR count). The molecule has 11 nitrogen and oxygen atoms in total. The van der Waals surface area contributed by atoms with E-state index in [1.54, 1.807) is 6.33 Å². The van der Waals surface area contributed by atoms with Crippen molar-refractivity contribution < 1.29 is 28.5 Å². The van der Waals surface area contributed by atoms with Crippen LogP contribution < -0.4 is 5.69 Å². The number of benzene rings is 4. The van der Waals surface area contributed by atoms with Crippen LogP contribution in [0.4, 0.5) is 13.2 Å². The molecule has 0 unspecified atom stereocenters. The van der Waals surface area contributed by atoms with Gasteiger partial charge in [0, 0.05) is 36.8 Å². The maximum atomic E-state index is 12.7. The first kappa shape index (κ1) is 34.0. The van der Waals surface area contributed by atoms with Crippen LogP contribution in [0, 0.1) is 0 Å². The fourth-order valence-electron chi connectivity index (χ4n) is 6.31. The van der Waals surface area contributed by atoms with E-state index in [0.29, 0.717) is 0 Å². The molecule has 256 valence electrons. The summed E-state index contributed by atoms with van der Waals surface area (Å²) in [4.78, 5) is 44.5. The summed E-state index contributed by atoms with van der Waals surface area (Å²) in [6.45, 7) is 2.80. The Morgan fingerprint density at radius 1 is 0.820 bits per heavy atom. The van der Waals surface area contributed by atoms with Gasteiger partial charge in [-0.1, -0.05) is 66.7 Å². The lowest BCUT2D eigenvalue weighted by atomic mass is 10.0. The van der Waals surface area contributed by atoms with Crippen LogP contribution in [0.1, 0.15) is 24.4 Å². The Bertz CT molecular complexity index is 2330. The molecule has 0 bridgehead atoms. The Morgan fingerprint density at radius 3 is 2.14 bits per heavy atom. The van der Waals surface area contributed by atoms with E-state index in [-0.39, 0.29) is 17.2 Å². The van der Waals surface area contributed by atoms with Crippen LogP contribution in [-0.2, 0) is 11.3 Å². The minimum absolute atomic E-state index is 0. The minimum atomic E-state index is -5.08. The van der Waals surface area contributed by atoms with E-state index < -0.39 is 12.1 Å². The van der Waals surface area contributed by atoms with Crippen LogP contribution >= 0.6 is 0 Å². The maximum absolute atomic E-state index is 12.7. The third-order valence-electron chi connectivity index (χ3n) is 8.70. The lowest BCUT2D eigenvalue weighted by Gasteiger charge is -2.32. The number of H-pyrrole nitrogens is 2. The fraction of sp³-hybridized carbons (Fsp3) is 0.194. The number of nitrogens with one attached hydrogen (secondary N) is 2. The molecule has 0 aliphatic carbocycles. The number of aromatic amines is 2. The molecular formula is C36H32F3N7O4. The molecule has 3 aromatic heterocycles. The molecule has 1 aliphatic rings. The van der Waals surface area contributed by atoms with Crippen LogP contribution in [0.25, 0.3) is 55.6 Å². The number of para-hydroxylation sites is 2. The first-order chi connectivity index (χ1) is 23.6. The molecule has 1 saturated heterocycles. The number of carbonyl (C=O) groups is 1. The summed E-state index contributed by atoms with van der Waals surface area (Å²) < 4.78 is 33.7. The average molecular weight is 684 g/mol. The topological polar surface area (TPSA) is 164 Å². The quantitative estimate of drug-likeness (QED) is 0.196. The van der Waals surface area contributed by atoms with Gasteiger partial charge in [0.25, 0.3) is 0 Å². The zero-order valence-corrected chi connectivity index (χ0v) is 26.5. The number of hydrogen-bond donors (Lipinski definition) is 3. The van der Waals surface area contributed by atoms with Crippen LogP contribution in [-0.4, -0.2) is 70.2 Å². The number of aromatic nitrogens is 6. The number of carboxylic acid groups (broad SMARTS) is 1. The molecule has 0 atom stereocenters. The number of aliphatic carboxylic acids is 1. The molecule has 4 heterocycles. The second-order valence-corrected chi connectivity index (χ2v) is 11.9. The van der Waals surface area contributed by atoms with Gasteiger partial charge in [-0.05, 0) is 42.7 Å². The Labute approximate surface area is 282 Å². The van der Waals surface area contributed by atoms with E-state index in [2.05, 4.69) is 61.2 Å². The standard InChI is InChI=1S/C34H29N7O.C2HF3O2.H2O/c42-34-39-26-8-4-5-9-31(26)41(34)25-14-16-40(17-15-25)20-22-10-12-24(13-11-22)33-32(23-6-2-1-3-7-23)37-29-18-27-28(36-21-35-27)19-30(29)38-33;3-2(4,5)1(6)7;/h1-13,18-19,21,25,38H,14-17,20H2,(H,39,42);(H,6,7);1H2. The van der Waals surface area contributed by atoms with Crippen molar-refractivity contribution in [2.75, 3.05) is 13.1 Å². The van der Waals surface area contributed by atoms with Crippen molar-refractivity contribution in [2.24, 2.45) is 0 Å². The number of piperidine rings is 1. The summed E-state index contributed by atoms with van der Waals surface area (Å²) in [6.07, 6.45) is -1.58. The van der Waals surface area contributed by atoms with Crippen molar-refractivity contribution in [2.45, 2.75) is 31.6 Å². The molecule has 0 amide bonds. The molecule has 0 spiro atoms. The summed E-state index contributed by atoms with van der Waals surface area (Å²) in [5.74, 6) is -2.76. The lowest BCUT2D eigenvalue weighted by Crippen LogP contribution is -2.36. The number of fused-ring (bicyclic) bond motifs is 3. The highest BCUT2D eigenvalue weighted by atomic mass is 19.4. The van der Waals surface area contributed by atoms with E-state index in [4.69, 9.17) is 14.9 Å². The number of imidazole rings is 2. The minimum Gasteiger partial charge on any atom is -0.475 e. The van der Waals surface area contributed by atoms with E-state index in [0.717, 1.165) is 88.1 Å². The van der Waals surface area contributed by atoms with E-state index in [1.807, 2.05) is 59.2 Å². The van der Waals surface area contributed by atoms with Crippen LogP contribution in [0.5, 0.6) is 0 Å². The Kier molecular flexibility index (Phi) is 9.48. The van der Waals surface area contributed by atoms with Gasteiger partial charge in [0.2, 0.25) is 0 Å². The Morgan fingerprint density at radius 2 is 1.46 bits per heavy atom. The predicted octanol–water partition coefficient (Wildman–Crippen LogP) is 6.13. The van der Waals surface area contributed by atoms with E-state index >= 15 is 0 Å². The molecule has 0 radical (unpaired) electrons. The van der Waals surface area contributed by atoms with Crippen LogP contribution in [0.2, 0.25) is 0 Å². The van der Waals surface area contributed by atoms with Crippen molar-refractivity contribution in [1.82, 2.24) is 34.4 Å². The van der Waals surface area contributed by atoms with Gasteiger partial charge in [-0.3, -0.25) is 9.47 Å². The van der Waals surface area contributed by atoms with Crippen LogP contribution in [0.3, 0.4) is 0 Å². The monoisotopic (exact) mass is 683 g/mol. The highest BCUT2D eigenvalue weighted by Gasteiger charge is 2.38. The Balaban J connectivity index is 0.000000492.